The molecule has 0 spiro atoms. The summed E-state index contributed by atoms with van der Waals surface area (Å²) >= 11 is 0. The van der Waals surface area contributed by atoms with E-state index in [0.29, 0.717) is 12.1 Å². The lowest BCUT2D eigenvalue weighted by Crippen LogP contribution is -2.38. The fourth-order valence-corrected chi connectivity index (χ4v) is 1.75. The van der Waals surface area contributed by atoms with Gasteiger partial charge in [0.2, 0.25) is 5.91 Å². The Hall–Kier alpha value is -1.92. The molecule has 0 heterocycles. The monoisotopic (exact) mass is 264 g/mol. The van der Waals surface area contributed by atoms with Crippen molar-refractivity contribution in [2.45, 2.75) is 26.4 Å². The topological polar surface area (TPSA) is 101 Å². The lowest BCUT2D eigenvalue weighted by molar-refractivity contribution is -0.119. The maximum Gasteiger partial charge on any atom is 0.265 e. The highest BCUT2D eigenvalue weighted by atomic mass is 16.2. The van der Waals surface area contributed by atoms with Crippen molar-refractivity contribution >= 4 is 11.8 Å². The van der Waals surface area contributed by atoms with Gasteiger partial charge in [0.1, 0.15) is 0 Å². The summed E-state index contributed by atoms with van der Waals surface area (Å²) < 4.78 is 0. The zero-order chi connectivity index (χ0) is 14.4. The molecule has 1 aromatic rings. The van der Waals surface area contributed by atoms with Crippen molar-refractivity contribution in [3.05, 3.63) is 35.4 Å². The fourth-order valence-electron chi connectivity index (χ4n) is 1.75. The van der Waals surface area contributed by atoms with Crippen LogP contribution in [0, 0.1) is 0 Å². The first-order chi connectivity index (χ1) is 8.93. The smallest absolute Gasteiger partial charge is 0.265 e. The molecular weight excluding hydrogens is 244 g/mol. The van der Waals surface area contributed by atoms with Gasteiger partial charge in [0, 0.05) is 18.2 Å². The molecule has 0 aromatic heterocycles. The van der Waals surface area contributed by atoms with E-state index >= 15 is 0 Å². The lowest BCUT2D eigenvalue weighted by atomic mass is 10.1. The van der Waals surface area contributed by atoms with Crippen molar-refractivity contribution in [2.75, 3.05) is 6.54 Å². The minimum Gasteiger partial charge on any atom is -0.369 e. The quantitative estimate of drug-likeness (QED) is 0.382. The fraction of sp³-hybridized carbons (Fsp3) is 0.385. The Morgan fingerprint density at radius 3 is 2.58 bits per heavy atom. The molecule has 1 rings (SSSR count). The molecule has 0 saturated heterocycles. The number of primary amides is 1. The van der Waals surface area contributed by atoms with Crippen molar-refractivity contribution < 1.29 is 9.59 Å². The second-order valence-corrected chi connectivity index (χ2v) is 4.64. The Balaban J connectivity index is 2.84. The molecule has 0 atom stereocenters. The molecule has 1 aromatic carbocycles. The summed E-state index contributed by atoms with van der Waals surface area (Å²) in [4.78, 5) is 24.4. The number of rotatable bonds is 6. The number of amides is 2. The lowest BCUT2D eigenvalue weighted by Gasteiger charge is -2.25. The van der Waals surface area contributed by atoms with Gasteiger partial charge in [-0.3, -0.25) is 19.9 Å². The van der Waals surface area contributed by atoms with Crippen LogP contribution in [0.25, 0.3) is 0 Å². The van der Waals surface area contributed by atoms with Gasteiger partial charge in [-0.25, -0.2) is 5.84 Å². The number of nitrogen functional groups attached to an aromatic ring is 1. The highest BCUT2D eigenvalue weighted by Crippen LogP contribution is 2.10. The van der Waals surface area contributed by atoms with E-state index in [-0.39, 0.29) is 24.4 Å². The zero-order valence-electron chi connectivity index (χ0n) is 11.2. The molecule has 0 aliphatic rings. The van der Waals surface area contributed by atoms with E-state index in [2.05, 4.69) is 5.43 Å². The molecule has 6 nitrogen and oxygen atoms in total. The van der Waals surface area contributed by atoms with E-state index in [1.807, 2.05) is 24.8 Å². The number of carbonyl (C=O) groups is 2. The Kier molecular flexibility index (Phi) is 5.47. The van der Waals surface area contributed by atoms with Crippen LogP contribution >= 0.6 is 0 Å². The summed E-state index contributed by atoms with van der Waals surface area (Å²) in [5, 5.41) is 0. The standard InChI is InChI=1S/C13H20N4O2/c1-9(2)17(8-12(14)18)7-10-4-3-5-11(6-10)13(19)16-15/h3-6,9H,7-8,15H2,1-2H3,(H2,14,18)(H,16,19). The second kappa shape index (κ2) is 6.86. The number of carbonyl (C=O) groups excluding carboxylic acids is 2. The normalized spacial score (nSPS) is 10.8. The number of nitrogens with zero attached hydrogens (tertiary/aromatic N) is 1. The second-order valence-electron chi connectivity index (χ2n) is 4.64. The molecule has 0 unspecified atom stereocenters. The van der Waals surface area contributed by atoms with E-state index in [4.69, 9.17) is 11.6 Å². The first-order valence-electron chi connectivity index (χ1n) is 6.06. The van der Waals surface area contributed by atoms with Crippen LogP contribution in [0.1, 0.15) is 29.8 Å². The molecule has 0 radical (unpaired) electrons. The summed E-state index contributed by atoms with van der Waals surface area (Å²) in [6.07, 6.45) is 0. The third-order valence-electron chi connectivity index (χ3n) is 2.80. The van der Waals surface area contributed by atoms with Crippen LogP contribution in [0.4, 0.5) is 0 Å². The molecule has 0 fully saturated rings. The molecule has 5 N–H and O–H groups in total. The van der Waals surface area contributed by atoms with Crippen LogP contribution in [-0.2, 0) is 11.3 Å². The third-order valence-corrected chi connectivity index (χ3v) is 2.80. The SMILES string of the molecule is CC(C)N(CC(N)=O)Cc1cccc(C(=O)NN)c1. The van der Waals surface area contributed by atoms with Crippen molar-refractivity contribution in [1.29, 1.82) is 0 Å². The van der Waals surface area contributed by atoms with Gasteiger partial charge >= 0.3 is 0 Å². The van der Waals surface area contributed by atoms with E-state index in [1.54, 1.807) is 18.2 Å². The maximum atomic E-state index is 11.4. The van der Waals surface area contributed by atoms with Gasteiger partial charge in [0.15, 0.2) is 0 Å². The first kappa shape index (κ1) is 15.1. The molecule has 0 aliphatic heterocycles. The molecule has 19 heavy (non-hydrogen) atoms. The maximum absolute atomic E-state index is 11.4. The number of hydrogen-bond acceptors (Lipinski definition) is 4. The van der Waals surface area contributed by atoms with E-state index < -0.39 is 0 Å². The average Bonchev–Trinajstić information content (AvgIpc) is 2.36. The van der Waals surface area contributed by atoms with Crippen LogP contribution in [-0.4, -0.2) is 29.3 Å². The molecule has 0 saturated carbocycles. The molecule has 0 aliphatic carbocycles. The van der Waals surface area contributed by atoms with Crippen molar-refractivity contribution in [1.82, 2.24) is 10.3 Å². The highest BCUT2D eigenvalue weighted by molar-refractivity contribution is 5.93. The Bertz CT molecular complexity index is 460. The summed E-state index contributed by atoms with van der Waals surface area (Å²) in [5.74, 6) is 4.39. The van der Waals surface area contributed by atoms with Crippen molar-refractivity contribution in [2.24, 2.45) is 11.6 Å². The van der Waals surface area contributed by atoms with Gasteiger partial charge in [0.05, 0.1) is 6.54 Å². The Morgan fingerprint density at radius 1 is 1.37 bits per heavy atom. The van der Waals surface area contributed by atoms with Crippen LogP contribution in [0.15, 0.2) is 24.3 Å². The largest absolute Gasteiger partial charge is 0.369 e. The molecule has 6 heteroatoms. The predicted octanol–water partition coefficient (Wildman–Crippen LogP) is -0.0142. The number of hydrogen-bond donors (Lipinski definition) is 3. The number of benzene rings is 1. The van der Waals surface area contributed by atoms with Gasteiger partial charge in [-0.15, -0.1) is 0 Å². The highest BCUT2D eigenvalue weighted by Gasteiger charge is 2.13. The van der Waals surface area contributed by atoms with Crippen molar-refractivity contribution in [3.63, 3.8) is 0 Å². The minimum atomic E-state index is -0.371. The summed E-state index contributed by atoms with van der Waals surface area (Å²) in [5.41, 5.74) is 8.73. The molecular formula is C13H20N4O2. The molecule has 2 amide bonds. The van der Waals surface area contributed by atoms with Crippen LogP contribution < -0.4 is 17.0 Å². The van der Waals surface area contributed by atoms with Crippen LogP contribution in [0.2, 0.25) is 0 Å². The summed E-state index contributed by atoms with van der Waals surface area (Å²) in [6, 6.07) is 7.28. The predicted molar refractivity (Wildman–Crippen MR) is 72.8 cm³/mol. The van der Waals surface area contributed by atoms with Gasteiger partial charge in [0.25, 0.3) is 5.91 Å². The first-order valence-corrected chi connectivity index (χ1v) is 6.06. The van der Waals surface area contributed by atoms with E-state index in [1.165, 1.54) is 0 Å². The number of hydrazine groups is 1. The van der Waals surface area contributed by atoms with E-state index in [9.17, 15) is 9.59 Å². The summed E-state index contributed by atoms with van der Waals surface area (Å²) in [7, 11) is 0. The minimum absolute atomic E-state index is 0.180. The van der Waals surface area contributed by atoms with Crippen molar-refractivity contribution in [3.8, 4) is 0 Å². The molecule has 0 bridgehead atoms. The van der Waals surface area contributed by atoms with Gasteiger partial charge in [-0.05, 0) is 31.5 Å². The number of nitrogens with one attached hydrogen (secondary N) is 1. The van der Waals surface area contributed by atoms with Crippen LogP contribution in [0.3, 0.4) is 0 Å². The molecule has 104 valence electrons. The van der Waals surface area contributed by atoms with Gasteiger partial charge in [-0.2, -0.15) is 0 Å². The van der Waals surface area contributed by atoms with Crippen LogP contribution in [0.5, 0.6) is 0 Å². The Morgan fingerprint density at radius 2 is 2.05 bits per heavy atom. The Labute approximate surface area is 112 Å². The van der Waals surface area contributed by atoms with E-state index in [0.717, 1.165) is 5.56 Å². The summed E-state index contributed by atoms with van der Waals surface area (Å²) in [6.45, 7) is 4.70. The zero-order valence-corrected chi connectivity index (χ0v) is 11.2. The third kappa shape index (κ3) is 4.69. The van der Waals surface area contributed by atoms with Gasteiger partial charge in [-0.1, -0.05) is 12.1 Å². The van der Waals surface area contributed by atoms with Gasteiger partial charge < -0.3 is 5.73 Å². The number of nitrogens with two attached hydrogens (primary N) is 2. The average molecular weight is 264 g/mol.